The fourth-order valence-corrected chi connectivity index (χ4v) is 2.76. The topological polar surface area (TPSA) is 101 Å². The SMILES string of the molecule is CCCS(=O)(=O)Nc1ccc(NC(=O)CC(C)N)cc1.Cl. The molecule has 0 bridgehead atoms. The van der Waals surface area contributed by atoms with Crippen LogP contribution in [0.2, 0.25) is 0 Å². The van der Waals surface area contributed by atoms with E-state index in [0.717, 1.165) is 0 Å². The molecular weight excluding hydrogens is 314 g/mol. The van der Waals surface area contributed by atoms with Gasteiger partial charge in [-0.15, -0.1) is 12.4 Å². The molecule has 1 aromatic carbocycles. The van der Waals surface area contributed by atoms with Crippen LogP contribution in [0.5, 0.6) is 0 Å². The van der Waals surface area contributed by atoms with Crippen LogP contribution in [0.1, 0.15) is 26.7 Å². The van der Waals surface area contributed by atoms with Crippen LogP contribution >= 0.6 is 12.4 Å². The Kier molecular flexibility index (Phi) is 8.31. The quantitative estimate of drug-likeness (QED) is 0.708. The van der Waals surface area contributed by atoms with Crippen LogP contribution in [0.15, 0.2) is 24.3 Å². The van der Waals surface area contributed by atoms with Crippen LogP contribution < -0.4 is 15.8 Å². The standard InChI is InChI=1S/C13H21N3O3S.ClH/c1-3-8-20(18,19)16-12-6-4-11(5-7-12)15-13(17)9-10(2)14;/h4-7,10,16H,3,8-9,14H2,1-2H3,(H,15,17);1H. The molecule has 0 saturated carbocycles. The Labute approximate surface area is 132 Å². The lowest BCUT2D eigenvalue weighted by Gasteiger charge is -2.09. The first-order valence-corrected chi connectivity index (χ1v) is 8.13. The van der Waals surface area contributed by atoms with Gasteiger partial charge in [-0.25, -0.2) is 8.42 Å². The number of anilines is 2. The van der Waals surface area contributed by atoms with E-state index in [1.807, 2.05) is 0 Å². The molecule has 0 aromatic heterocycles. The zero-order valence-corrected chi connectivity index (χ0v) is 13.8. The highest BCUT2D eigenvalue weighted by atomic mass is 35.5. The molecule has 1 rings (SSSR count). The Bertz CT molecular complexity index is 544. The monoisotopic (exact) mass is 335 g/mol. The van der Waals surface area contributed by atoms with Gasteiger partial charge in [-0.1, -0.05) is 6.92 Å². The van der Waals surface area contributed by atoms with E-state index >= 15 is 0 Å². The number of rotatable bonds is 7. The maximum Gasteiger partial charge on any atom is 0.232 e. The third kappa shape index (κ3) is 7.89. The van der Waals surface area contributed by atoms with Gasteiger partial charge in [0.05, 0.1) is 5.75 Å². The molecule has 0 radical (unpaired) electrons. The Morgan fingerprint density at radius 3 is 2.24 bits per heavy atom. The largest absolute Gasteiger partial charge is 0.327 e. The minimum Gasteiger partial charge on any atom is -0.327 e. The molecule has 4 N–H and O–H groups in total. The molecule has 1 atom stereocenters. The highest BCUT2D eigenvalue weighted by Crippen LogP contribution is 2.15. The highest BCUT2D eigenvalue weighted by Gasteiger charge is 2.09. The van der Waals surface area contributed by atoms with Crippen molar-refractivity contribution in [1.82, 2.24) is 0 Å². The number of nitrogens with one attached hydrogen (secondary N) is 2. The lowest BCUT2D eigenvalue weighted by atomic mass is 10.2. The van der Waals surface area contributed by atoms with E-state index in [-0.39, 0.29) is 36.5 Å². The van der Waals surface area contributed by atoms with Crippen molar-refractivity contribution < 1.29 is 13.2 Å². The summed E-state index contributed by atoms with van der Waals surface area (Å²) in [4.78, 5) is 11.5. The molecule has 8 heteroatoms. The summed E-state index contributed by atoms with van der Waals surface area (Å²) in [6.07, 6.45) is 0.797. The van der Waals surface area contributed by atoms with E-state index in [9.17, 15) is 13.2 Å². The van der Waals surface area contributed by atoms with Gasteiger partial charge in [-0.2, -0.15) is 0 Å². The zero-order valence-electron chi connectivity index (χ0n) is 12.1. The molecule has 0 heterocycles. The second kappa shape index (κ2) is 8.86. The minimum atomic E-state index is -3.29. The molecule has 0 spiro atoms. The first-order valence-electron chi connectivity index (χ1n) is 6.48. The molecule has 1 amide bonds. The van der Waals surface area contributed by atoms with Gasteiger partial charge in [-0.3, -0.25) is 9.52 Å². The van der Waals surface area contributed by atoms with E-state index in [1.165, 1.54) is 0 Å². The summed E-state index contributed by atoms with van der Waals surface area (Å²) in [5.41, 5.74) is 6.61. The number of nitrogens with two attached hydrogens (primary N) is 1. The van der Waals surface area contributed by atoms with Crippen molar-refractivity contribution in [1.29, 1.82) is 0 Å². The van der Waals surface area contributed by atoms with Crippen molar-refractivity contribution in [3.05, 3.63) is 24.3 Å². The molecule has 6 nitrogen and oxygen atoms in total. The predicted molar refractivity (Wildman–Crippen MR) is 88.3 cm³/mol. The molecule has 1 aromatic rings. The predicted octanol–water partition coefficient (Wildman–Crippen LogP) is 1.94. The third-order valence-corrected chi connectivity index (χ3v) is 3.91. The summed E-state index contributed by atoms with van der Waals surface area (Å²) in [5, 5.41) is 2.69. The molecular formula is C13H22ClN3O3S. The molecule has 21 heavy (non-hydrogen) atoms. The van der Waals surface area contributed by atoms with Gasteiger partial charge in [0, 0.05) is 23.8 Å². The number of sulfonamides is 1. The number of hydrogen-bond acceptors (Lipinski definition) is 4. The van der Waals surface area contributed by atoms with Crippen molar-refractivity contribution >= 4 is 39.7 Å². The van der Waals surface area contributed by atoms with Crippen LogP contribution in [0.4, 0.5) is 11.4 Å². The molecule has 1 unspecified atom stereocenters. The minimum absolute atomic E-state index is 0. The third-order valence-electron chi connectivity index (χ3n) is 2.42. The normalized spacial score (nSPS) is 12.1. The van der Waals surface area contributed by atoms with Crippen LogP contribution in [0.25, 0.3) is 0 Å². The van der Waals surface area contributed by atoms with Gasteiger partial charge in [0.25, 0.3) is 0 Å². The summed E-state index contributed by atoms with van der Waals surface area (Å²) >= 11 is 0. The van der Waals surface area contributed by atoms with Gasteiger partial charge in [-0.05, 0) is 37.6 Å². The maximum atomic E-state index is 11.6. The second-order valence-corrected chi connectivity index (χ2v) is 6.57. The van der Waals surface area contributed by atoms with E-state index in [0.29, 0.717) is 17.8 Å². The van der Waals surface area contributed by atoms with Crippen molar-refractivity contribution in [3.63, 3.8) is 0 Å². The fraction of sp³-hybridized carbons (Fsp3) is 0.462. The lowest BCUT2D eigenvalue weighted by Crippen LogP contribution is -2.24. The van der Waals surface area contributed by atoms with Gasteiger partial charge < -0.3 is 11.1 Å². The zero-order chi connectivity index (χ0) is 15.2. The van der Waals surface area contributed by atoms with Gasteiger partial charge in [0.15, 0.2) is 0 Å². The average Bonchev–Trinajstić information content (AvgIpc) is 2.30. The lowest BCUT2D eigenvalue weighted by molar-refractivity contribution is -0.116. The Morgan fingerprint density at radius 2 is 1.76 bits per heavy atom. The van der Waals surface area contributed by atoms with Crippen LogP contribution in [0.3, 0.4) is 0 Å². The first kappa shape index (κ1) is 19.7. The molecule has 0 aliphatic heterocycles. The number of halogens is 1. The summed E-state index contributed by atoms with van der Waals surface area (Å²) in [6.45, 7) is 3.56. The van der Waals surface area contributed by atoms with Crippen molar-refractivity contribution in [2.24, 2.45) is 5.73 Å². The number of carbonyl (C=O) groups is 1. The van der Waals surface area contributed by atoms with E-state index in [1.54, 1.807) is 38.1 Å². The molecule has 0 fully saturated rings. The van der Waals surface area contributed by atoms with E-state index in [2.05, 4.69) is 10.0 Å². The van der Waals surface area contributed by atoms with Gasteiger partial charge in [0.1, 0.15) is 0 Å². The second-order valence-electron chi connectivity index (χ2n) is 4.73. The number of carbonyl (C=O) groups excluding carboxylic acids is 1. The highest BCUT2D eigenvalue weighted by molar-refractivity contribution is 7.92. The summed E-state index contributed by atoms with van der Waals surface area (Å²) in [5.74, 6) is -0.0841. The van der Waals surface area contributed by atoms with Gasteiger partial charge >= 0.3 is 0 Å². The van der Waals surface area contributed by atoms with E-state index in [4.69, 9.17) is 5.73 Å². The average molecular weight is 336 g/mol. The van der Waals surface area contributed by atoms with Crippen LogP contribution in [-0.4, -0.2) is 26.1 Å². The van der Waals surface area contributed by atoms with Gasteiger partial charge in [0.2, 0.25) is 15.9 Å². The first-order chi connectivity index (χ1) is 9.32. The van der Waals surface area contributed by atoms with Crippen LogP contribution in [0, 0.1) is 0 Å². The number of benzene rings is 1. The fourth-order valence-electron chi connectivity index (χ4n) is 1.63. The molecule has 0 aliphatic rings. The Balaban J connectivity index is 0.00000400. The van der Waals surface area contributed by atoms with Crippen molar-refractivity contribution in [2.45, 2.75) is 32.7 Å². The van der Waals surface area contributed by atoms with Crippen molar-refractivity contribution in [3.8, 4) is 0 Å². The van der Waals surface area contributed by atoms with Crippen molar-refractivity contribution in [2.75, 3.05) is 15.8 Å². The number of hydrogen-bond donors (Lipinski definition) is 3. The molecule has 120 valence electrons. The van der Waals surface area contributed by atoms with E-state index < -0.39 is 10.0 Å². The smallest absolute Gasteiger partial charge is 0.232 e. The maximum absolute atomic E-state index is 11.6. The molecule has 0 saturated heterocycles. The molecule has 0 aliphatic carbocycles. The summed E-state index contributed by atoms with van der Waals surface area (Å²) < 4.78 is 25.6. The summed E-state index contributed by atoms with van der Waals surface area (Å²) in [7, 11) is -3.29. The summed E-state index contributed by atoms with van der Waals surface area (Å²) in [6, 6.07) is 6.30. The number of amides is 1. The van der Waals surface area contributed by atoms with Crippen LogP contribution in [-0.2, 0) is 14.8 Å². The Morgan fingerprint density at radius 1 is 1.24 bits per heavy atom. The Hall–Kier alpha value is -1.31.